The molecule has 0 amide bonds. The van der Waals surface area contributed by atoms with Crippen LogP contribution in [0.25, 0.3) is 0 Å². The highest BCUT2D eigenvalue weighted by atomic mass is 16.5. The highest BCUT2D eigenvalue weighted by molar-refractivity contribution is 5.87. The van der Waals surface area contributed by atoms with Crippen molar-refractivity contribution in [3.8, 4) is 23.0 Å². The summed E-state index contributed by atoms with van der Waals surface area (Å²) in [6.45, 7) is 0. The van der Waals surface area contributed by atoms with Crippen LogP contribution in [0.1, 0.15) is 33.4 Å². The molecular weight excluding hydrogens is 675 g/mol. The summed E-state index contributed by atoms with van der Waals surface area (Å²) in [6, 6.07) is 44.6. The fourth-order valence-electron chi connectivity index (χ4n) is 5.52. The Balaban J connectivity index is 1.01. The number of hydrogen-bond donors (Lipinski definition) is 0. The van der Waals surface area contributed by atoms with Gasteiger partial charge in [-0.3, -0.25) is 19.8 Å². The standard InChI is InChI=1S/C46H41N3O5/c1-51-42-21-10-35(11-22-42)30-47-39-15-6-33(7-16-39)4-5-34-8-17-40(18-9-34)49-32-37-14-25-45(53-3)28-38(37)29-46(50)54-44-26-19-41(20-27-44)48-31-36-12-23-43(52-2)24-13-36/h6-28,30-32H,4-5,29H2,1-3H3. The van der Waals surface area contributed by atoms with E-state index < -0.39 is 5.97 Å². The molecule has 0 saturated heterocycles. The van der Waals surface area contributed by atoms with E-state index in [0.29, 0.717) is 11.5 Å². The molecule has 6 aromatic rings. The molecule has 6 aromatic carbocycles. The van der Waals surface area contributed by atoms with Crippen molar-refractivity contribution in [3.63, 3.8) is 0 Å². The SMILES string of the molecule is COc1ccc(C=Nc2ccc(CCc3ccc(N=Cc4ccc(OC)cc4CC(=O)Oc4ccc(N=Cc5ccc(OC)cc5)cc4)cc3)cc2)cc1. The summed E-state index contributed by atoms with van der Waals surface area (Å²) in [5.74, 6) is 2.30. The van der Waals surface area contributed by atoms with Crippen LogP contribution in [0.3, 0.4) is 0 Å². The number of hydrogen-bond acceptors (Lipinski definition) is 8. The Morgan fingerprint density at radius 3 is 1.35 bits per heavy atom. The Hall–Kier alpha value is -6.80. The Morgan fingerprint density at radius 1 is 0.481 bits per heavy atom. The minimum atomic E-state index is -0.396. The number of aryl methyl sites for hydroxylation is 2. The summed E-state index contributed by atoms with van der Waals surface area (Å²) in [5.41, 5.74) is 8.45. The third-order valence-corrected chi connectivity index (χ3v) is 8.64. The maximum atomic E-state index is 13.0. The van der Waals surface area contributed by atoms with Crippen molar-refractivity contribution in [1.82, 2.24) is 0 Å². The number of ether oxygens (including phenoxy) is 4. The normalized spacial score (nSPS) is 11.3. The summed E-state index contributed by atoms with van der Waals surface area (Å²) in [7, 11) is 4.89. The van der Waals surface area contributed by atoms with E-state index >= 15 is 0 Å². The Bertz CT molecular complexity index is 2210. The molecule has 0 aromatic heterocycles. The Kier molecular flexibility index (Phi) is 12.7. The van der Waals surface area contributed by atoms with Gasteiger partial charge in [-0.05, 0) is 161 Å². The third kappa shape index (κ3) is 10.9. The lowest BCUT2D eigenvalue weighted by atomic mass is 10.0. The fourth-order valence-corrected chi connectivity index (χ4v) is 5.52. The van der Waals surface area contributed by atoms with Gasteiger partial charge in [0.25, 0.3) is 0 Å². The van der Waals surface area contributed by atoms with E-state index in [2.05, 4.69) is 34.3 Å². The molecule has 0 atom stereocenters. The number of aliphatic imine (C=N–C) groups is 3. The van der Waals surface area contributed by atoms with Crippen LogP contribution in [0.2, 0.25) is 0 Å². The molecule has 0 radical (unpaired) electrons. The van der Waals surface area contributed by atoms with E-state index in [4.69, 9.17) is 23.9 Å². The number of methoxy groups -OCH3 is 3. The van der Waals surface area contributed by atoms with E-state index in [1.807, 2.05) is 97.2 Å². The minimum absolute atomic E-state index is 0.0465. The summed E-state index contributed by atoms with van der Waals surface area (Å²) in [4.78, 5) is 26.8. The first-order valence-electron chi connectivity index (χ1n) is 17.5. The van der Waals surface area contributed by atoms with Crippen LogP contribution in [-0.2, 0) is 24.1 Å². The van der Waals surface area contributed by atoms with Crippen LogP contribution in [0.4, 0.5) is 17.1 Å². The molecule has 54 heavy (non-hydrogen) atoms. The Labute approximate surface area is 316 Å². The fraction of sp³-hybridized carbons (Fsp3) is 0.130. The zero-order valence-corrected chi connectivity index (χ0v) is 30.5. The second kappa shape index (κ2) is 18.6. The van der Waals surface area contributed by atoms with Crippen molar-refractivity contribution in [2.75, 3.05) is 21.3 Å². The van der Waals surface area contributed by atoms with Crippen LogP contribution in [0.15, 0.2) is 155 Å². The van der Waals surface area contributed by atoms with Crippen LogP contribution in [0, 0.1) is 0 Å². The van der Waals surface area contributed by atoms with Crippen LogP contribution in [-0.4, -0.2) is 45.9 Å². The van der Waals surface area contributed by atoms with Crippen molar-refractivity contribution < 1.29 is 23.7 Å². The third-order valence-electron chi connectivity index (χ3n) is 8.64. The summed E-state index contributed by atoms with van der Waals surface area (Å²) in [5, 5.41) is 0. The quantitative estimate of drug-likeness (QED) is 0.0600. The van der Waals surface area contributed by atoms with Gasteiger partial charge in [-0.1, -0.05) is 24.3 Å². The molecule has 0 spiro atoms. The van der Waals surface area contributed by atoms with Gasteiger partial charge in [0.15, 0.2) is 0 Å². The molecule has 0 unspecified atom stereocenters. The molecule has 0 fully saturated rings. The predicted octanol–water partition coefficient (Wildman–Crippen LogP) is 9.90. The van der Waals surface area contributed by atoms with E-state index in [9.17, 15) is 4.79 Å². The van der Waals surface area contributed by atoms with Gasteiger partial charge in [0.1, 0.15) is 23.0 Å². The topological polar surface area (TPSA) is 91.1 Å². The molecule has 0 aliphatic carbocycles. The molecule has 0 aliphatic heterocycles. The molecule has 0 saturated carbocycles. The monoisotopic (exact) mass is 715 g/mol. The molecule has 0 heterocycles. The Morgan fingerprint density at radius 2 is 0.889 bits per heavy atom. The van der Waals surface area contributed by atoms with Gasteiger partial charge in [-0.25, -0.2) is 0 Å². The van der Waals surface area contributed by atoms with Crippen molar-refractivity contribution in [2.45, 2.75) is 19.3 Å². The molecule has 0 N–H and O–H groups in total. The average molecular weight is 716 g/mol. The molecular formula is C46H41N3O5. The lowest BCUT2D eigenvalue weighted by Gasteiger charge is -2.09. The smallest absolute Gasteiger partial charge is 0.315 e. The number of carbonyl (C=O) groups excluding carboxylic acids is 1. The maximum absolute atomic E-state index is 13.0. The molecule has 0 bridgehead atoms. The van der Waals surface area contributed by atoms with E-state index in [1.54, 1.807) is 58.0 Å². The van der Waals surface area contributed by atoms with Crippen molar-refractivity contribution in [3.05, 3.63) is 173 Å². The number of nitrogens with zero attached hydrogens (tertiary/aromatic N) is 3. The lowest BCUT2D eigenvalue weighted by Crippen LogP contribution is -2.12. The highest BCUT2D eigenvalue weighted by Crippen LogP contribution is 2.23. The lowest BCUT2D eigenvalue weighted by molar-refractivity contribution is -0.133. The van der Waals surface area contributed by atoms with Gasteiger partial charge in [0.05, 0.1) is 44.8 Å². The average Bonchev–Trinajstić information content (AvgIpc) is 3.22. The van der Waals surface area contributed by atoms with E-state index in [1.165, 1.54) is 11.1 Å². The first-order chi connectivity index (χ1) is 26.5. The van der Waals surface area contributed by atoms with Crippen molar-refractivity contribution in [1.29, 1.82) is 0 Å². The van der Waals surface area contributed by atoms with Crippen LogP contribution in [0.5, 0.6) is 23.0 Å². The van der Waals surface area contributed by atoms with Crippen molar-refractivity contribution >= 4 is 41.7 Å². The number of carbonyl (C=O) groups is 1. The summed E-state index contributed by atoms with van der Waals surface area (Å²) < 4.78 is 21.5. The highest BCUT2D eigenvalue weighted by Gasteiger charge is 2.12. The van der Waals surface area contributed by atoms with Gasteiger partial charge in [0, 0.05) is 18.6 Å². The first-order valence-corrected chi connectivity index (χ1v) is 17.5. The predicted molar refractivity (Wildman–Crippen MR) is 217 cm³/mol. The number of rotatable bonds is 15. The van der Waals surface area contributed by atoms with Crippen LogP contribution >= 0.6 is 0 Å². The first kappa shape index (κ1) is 37.0. The van der Waals surface area contributed by atoms with Gasteiger partial charge in [-0.15, -0.1) is 0 Å². The largest absolute Gasteiger partial charge is 0.497 e. The minimum Gasteiger partial charge on any atom is -0.497 e. The second-order valence-electron chi connectivity index (χ2n) is 12.4. The van der Waals surface area contributed by atoms with Gasteiger partial charge < -0.3 is 18.9 Å². The van der Waals surface area contributed by atoms with Gasteiger partial charge in [-0.2, -0.15) is 0 Å². The van der Waals surface area contributed by atoms with E-state index in [-0.39, 0.29) is 6.42 Å². The van der Waals surface area contributed by atoms with Crippen molar-refractivity contribution in [2.24, 2.45) is 15.0 Å². The maximum Gasteiger partial charge on any atom is 0.315 e. The van der Waals surface area contributed by atoms with E-state index in [0.717, 1.165) is 63.7 Å². The molecule has 8 heteroatoms. The van der Waals surface area contributed by atoms with Gasteiger partial charge in [0.2, 0.25) is 0 Å². The summed E-state index contributed by atoms with van der Waals surface area (Å²) >= 11 is 0. The molecule has 270 valence electrons. The molecule has 0 aliphatic rings. The number of benzene rings is 6. The van der Waals surface area contributed by atoms with Gasteiger partial charge >= 0.3 is 5.97 Å². The number of esters is 1. The molecule has 6 rings (SSSR count). The zero-order chi connectivity index (χ0) is 37.5. The second-order valence-corrected chi connectivity index (χ2v) is 12.4. The zero-order valence-electron chi connectivity index (χ0n) is 30.5. The van der Waals surface area contributed by atoms with Crippen LogP contribution < -0.4 is 18.9 Å². The molecule has 8 nitrogen and oxygen atoms in total. The summed E-state index contributed by atoms with van der Waals surface area (Å²) in [6.07, 6.45) is 7.26.